The van der Waals surface area contributed by atoms with Gasteiger partial charge in [-0.05, 0) is 71.4 Å². The van der Waals surface area contributed by atoms with Gasteiger partial charge in [-0.2, -0.15) is 0 Å². The van der Waals surface area contributed by atoms with Gasteiger partial charge in [-0.3, -0.25) is 4.57 Å². The molecule has 12 rings (SSSR count). The third-order valence-electron chi connectivity index (χ3n) is 11.0. The number of benzene rings is 7. The third-order valence-corrected chi connectivity index (χ3v) is 12.0. The Kier molecular flexibility index (Phi) is 6.44. The number of nitrogens with zero attached hydrogens (tertiary/aromatic N) is 5. The van der Waals surface area contributed by atoms with Gasteiger partial charge < -0.3 is 4.57 Å². The second-order valence-corrected chi connectivity index (χ2v) is 15.1. The van der Waals surface area contributed by atoms with E-state index in [2.05, 4.69) is 179 Å². The van der Waals surface area contributed by atoms with Crippen LogP contribution >= 0.6 is 11.3 Å². The molecule has 12 aromatic rings. The highest BCUT2D eigenvalue weighted by atomic mass is 32.1. The quantitative estimate of drug-likeness (QED) is 0.182. The minimum atomic E-state index is 0.812. The van der Waals surface area contributed by atoms with Gasteiger partial charge in [0.05, 0.1) is 33.5 Å². The molecule has 5 heterocycles. The first-order valence-electron chi connectivity index (χ1n) is 18.4. The van der Waals surface area contributed by atoms with Gasteiger partial charge in [-0.25, -0.2) is 15.0 Å². The molecule has 0 atom stereocenters. The third kappa shape index (κ3) is 4.49. The maximum Gasteiger partial charge on any atom is 0.143 e. The lowest BCUT2D eigenvalue weighted by molar-refractivity contribution is 1.08. The molecule has 0 N–H and O–H groups in total. The normalized spacial score (nSPS) is 12.0. The summed E-state index contributed by atoms with van der Waals surface area (Å²) >= 11 is 1.69. The van der Waals surface area contributed by atoms with E-state index in [9.17, 15) is 0 Å². The zero-order valence-electron chi connectivity index (χ0n) is 29.4. The molecule has 55 heavy (non-hydrogen) atoms. The van der Waals surface area contributed by atoms with Crippen molar-refractivity contribution in [3.63, 3.8) is 0 Å². The van der Waals surface area contributed by atoms with Crippen molar-refractivity contribution in [3.05, 3.63) is 176 Å². The zero-order chi connectivity index (χ0) is 36.0. The fourth-order valence-electron chi connectivity index (χ4n) is 8.54. The Balaban J connectivity index is 1.11. The maximum atomic E-state index is 5.49. The highest BCUT2D eigenvalue weighted by Crippen LogP contribution is 2.43. The lowest BCUT2D eigenvalue weighted by Crippen LogP contribution is -1.99. The average molecular weight is 720 g/mol. The second kappa shape index (κ2) is 11.7. The summed E-state index contributed by atoms with van der Waals surface area (Å²) in [7, 11) is 0. The van der Waals surface area contributed by atoms with Gasteiger partial charge in [0.1, 0.15) is 16.2 Å². The molecule has 0 bridgehead atoms. The fraction of sp³-hybridized carbons (Fsp3) is 0. The van der Waals surface area contributed by atoms with Crippen molar-refractivity contribution in [1.29, 1.82) is 0 Å². The molecule has 7 aromatic carbocycles. The summed E-state index contributed by atoms with van der Waals surface area (Å²) in [5.41, 5.74) is 10.2. The van der Waals surface area contributed by atoms with Gasteiger partial charge >= 0.3 is 0 Å². The Bertz CT molecular complexity index is 3480. The molecule has 0 unspecified atom stereocenters. The first-order chi connectivity index (χ1) is 27.3. The molecule has 0 spiro atoms. The van der Waals surface area contributed by atoms with E-state index < -0.39 is 0 Å². The number of thiophene rings is 1. The highest BCUT2D eigenvalue weighted by Gasteiger charge is 2.22. The lowest BCUT2D eigenvalue weighted by atomic mass is 9.99. The summed E-state index contributed by atoms with van der Waals surface area (Å²) in [5.74, 6) is 0.856. The van der Waals surface area contributed by atoms with Gasteiger partial charge in [0.15, 0.2) is 0 Å². The second-order valence-electron chi connectivity index (χ2n) is 14.0. The Morgan fingerprint density at radius 2 is 1.15 bits per heavy atom. The minimum absolute atomic E-state index is 0.812. The van der Waals surface area contributed by atoms with Crippen LogP contribution < -0.4 is 0 Å². The van der Waals surface area contributed by atoms with Crippen LogP contribution in [-0.2, 0) is 0 Å². The number of rotatable bonds is 4. The first kappa shape index (κ1) is 30.3. The molecule has 5 nitrogen and oxygen atoms in total. The average Bonchev–Trinajstić information content (AvgIpc) is 3.90. The zero-order valence-corrected chi connectivity index (χ0v) is 30.2. The van der Waals surface area contributed by atoms with Crippen LogP contribution in [0.2, 0.25) is 0 Å². The molecule has 0 fully saturated rings. The predicted molar refractivity (Wildman–Crippen MR) is 230 cm³/mol. The van der Waals surface area contributed by atoms with E-state index in [4.69, 9.17) is 15.0 Å². The monoisotopic (exact) mass is 719 g/mol. The molecule has 0 radical (unpaired) electrons. The number of para-hydroxylation sites is 3. The van der Waals surface area contributed by atoms with Gasteiger partial charge in [0.2, 0.25) is 0 Å². The summed E-state index contributed by atoms with van der Waals surface area (Å²) in [6, 6.07) is 60.3. The van der Waals surface area contributed by atoms with Gasteiger partial charge in [-0.15, -0.1) is 11.3 Å². The molecule has 256 valence electrons. The van der Waals surface area contributed by atoms with E-state index in [-0.39, 0.29) is 0 Å². The van der Waals surface area contributed by atoms with Gasteiger partial charge in [0.25, 0.3) is 0 Å². The minimum Gasteiger partial charge on any atom is -0.309 e. The number of hydrogen-bond acceptors (Lipinski definition) is 4. The Morgan fingerprint density at radius 1 is 0.455 bits per heavy atom. The van der Waals surface area contributed by atoms with Crippen LogP contribution in [0.3, 0.4) is 0 Å². The highest BCUT2D eigenvalue weighted by molar-refractivity contribution is 7.25. The molecule has 6 heteroatoms. The molecule has 0 amide bonds. The molecule has 0 saturated heterocycles. The molecule has 0 aliphatic carbocycles. The van der Waals surface area contributed by atoms with E-state index in [1.165, 1.54) is 31.6 Å². The lowest BCUT2D eigenvalue weighted by Gasteiger charge is -2.13. The molecular formula is C49H29N5S. The topological polar surface area (TPSA) is 48.5 Å². The number of pyridine rings is 1. The summed E-state index contributed by atoms with van der Waals surface area (Å²) in [6.07, 6.45) is 1.97. The van der Waals surface area contributed by atoms with Crippen molar-refractivity contribution in [2.75, 3.05) is 0 Å². The maximum absolute atomic E-state index is 5.49. The standard InChI is InChI=1S/C49H29N5S/c1-2-15-33(16-3-1)53-40-22-10-7-18-35(40)45-37(20-12-23-41(45)53)47-46(51-48-36-19-8-11-24-43(36)55-49(48)52-47)32-25-26-44(50-29-32)54-39-21-9-6-17-34(39)38-27-30-13-4-5-14-31(30)28-42(38)54/h1-29H. The van der Waals surface area contributed by atoms with Crippen LogP contribution in [0, 0.1) is 0 Å². The summed E-state index contributed by atoms with van der Waals surface area (Å²) < 4.78 is 5.80. The van der Waals surface area contributed by atoms with Crippen LogP contribution in [-0.4, -0.2) is 24.1 Å². The molecule has 5 aromatic heterocycles. The predicted octanol–water partition coefficient (Wildman–Crippen LogP) is 12.9. The Hall–Kier alpha value is -7.15. The largest absolute Gasteiger partial charge is 0.309 e. The number of aromatic nitrogens is 5. The van der Waals surface area contributed by atoms with Crippen molar-refractivity contribution in [3.8, 4) is 34.0 Å². The van der Waals surface area contributed by atoms with Crippen LogP contribution in [0.5, 0.6) is 0 Å². The fourth-order valence-corrected chi connectivity index (χ4v) is 9.56. The van der Waals surface area contributed by atoms with Gasteiger partial charge in [0, 0.05) is 54.6 Å². The summed E-state index contributed by atoms with van der Waals surface area (Å²) in [5, 5.41) is 8.29. The van der Waals surface area contributed by atoms with Crippen molar-refractivity contribution in [2.24, 2.45) is 0 Å². The first-order valence-corrected chi connectivity index (χ1v) is 19.3. The molecular weight excluding hydrogens is 691 g/mol. The van der Waals surface area contributed by atoms with Crippen LogP contribution in [0.1, 0.15) is 0 Å². The van der Waals surface area contributed by atoms with Crippen molar-refractivity contribution in [1.82, 2.24) is 24.1 Å². The van der Waals surface area contributed by atoms with E-state index in [1.807, 2.05) is 6.20 Å². The molecule has 0 aliphatic heterocycles. The Labute approximate surface area is 319 Å². The van der Waals surface area contributed by atoms with Crippen molar-refractivity contribution < 1.29 is 0 Å². The van der Waals surface area contributed by atoms with E-state index in [0.717, 1.165) is 77.2 Å². The summed E-state index contributed by atoms with van der Waals surface area (Å²) in [6.45, 7) is 0. The smallest absolute Gasteiger partial charge is 0.143 e. The van der Waals surface area contributed by atoms with E-state index in [0.29, 0.717) is 0 Å². The number of hydrogen-bond donors (Lipinski definition) is 0. The van der Waals surface area contributed by atoms with Crippen LogP contribution in [0.25, 0.3) is 109 Å². The molecule has 0 saturated carbocycles. The van der Waals surface area contributed by atoms with E-state index in [1.54, 1.807) is 11.3 Å². The Morgan fingerprint density at radius 3 is 1.96 bits per heavy atom. The van der Waals surface area contributed by atoms with E-state index >= 15 is 0 Å². The van der Waals surface area contributed by atoms with Crippen LogP contribution in [0.15, 0.2) is 176 Å². The number of fused-ring (bicyclic) bond motifs is 10. The molecule has 0 aliphatic rings. The van der Waals surface area contributed by atoms with Gasteiger partial charge in [-0.1, -0.05) is 109 Å². The summed E-state index contributed by atoms with van der Waals surface area (Å²) in [4.78, 5) is 17.1. The SMILES string of the molecule is c1ccc(-n2c3ccccc3c3c(-c4nc5sc6ccccc6c5nc4-c4ccc(-n5c6ccccc6c6cc7ccccc7cc65)nc4)cccc32)cc1. The van der Waals surface area contributed by atoms with Crippen molar-refractivity contribution >= 4 is 86.2 Å². The van der Waals surface area contributed by atoms with Crippen molar-refractivity contribution in [2.45, 2.75) is 0 Å². The van der Waals surface area contributed by atoms with Crippen LogP contribution in [0.4, 0.5) is 0 Å².